The summed E-state index contributed by atoms with van der Waals surface area (Å²) < 4.78 is 1.65. The molecular weight excluding hydrogens is 306 g/mol. The molecule has 0 heterocycles. The molecule has 0 aromatic heterocycles. The third kappa shape index (κ3) is 7.20. The topological polar surface area (TPSA) is 0 Å². The van der Waals surface area contributed by atoms with Crippen LogP contribution in [0.3, 0.4) is 0 Å². The molecule has 1 rings (SSSR count). The van der Waals surface area contributed by atoms with Gasteiger partial charge in [0.1, 0.15) is 0 Å². The Hall–Kier alpha value is 1.23. The maximum atomic E-state index is 2.30. The Labute approximate surface area is 115 Å². The van der Waals surface area contributed by atoms with Crippen LogP contribution in [0.4, 0.5) is 0 Å². The number of allylic oxidation sites excluding steroid dienone is 4. The molecule has 0 saturated carbocycles. The van der Waals surface area contributed by atoms with Crippen molar-refractivity contribution in [1.29, 1.82) is 0 Å². The van der Waals surface area contributed by atoms with Crippen molar-refractivity contribution in [2.24, 2.45) is 5.92 Å². The van der Waals surface area contributed by atoms with Gasteiger partial charge >= 0.3 is 78.3 Å². The summed E-state index contributed by atoms with van der Waals surface area (Å²) in [6.45, 7) is 4.56. The predicted molar refractivity (Wildman–Crippen MR) is 40.2 cm³/mol. The van der Waals surface area contributed by atoms with Gasteiger partial charge in [0.05, 0.1) is 0 Å². The average molecular weight is 319 g/mol. The molecule has 74 valence electrons. The first kappa shape index (κ1) is 19.8. The van der Waals surface area contributed by atoms with Crippen LogP contribution in [-0.2, 0) is 24.7 Å². The molecule has 0 atom stereocenters. The van der Waals surface area contributed by atoms with E-state index in [1.807, 2.05) is 0 Å². The summed E-state index contributed by atoms with van der Waals surface area (Å²) >= 11 is 1.60. The minimum Gasteiger partial charge on any atom is -1.00 e. The molecule has 0 amide bonds. The van der Waals surface area contributed by atoms with Crippen molar-refractivity contribution in [1.82, 2.24) is 0 Å². The Bertz CT molecular complexity index is 185. The molecule has 13 heavy (non-hydrogen) atoms. The summed E-state index contributed by atoms with van der Waals surface area (Å²) in [5, 5.41) is 0. The third-order valence-corrected chi connectivity index (χ3v) is 2.95. The van der Waals surface area contributed by atoms with Crippen molar-refractivity contribution < 1.29 is 61.9 Å². The normalized spacial score (nSPS) is 13.6. The van der Waals surface area contributed by atoms with Crippen molar-refractivity contribution in [3.05, 3.63) is 21.0 Å². The Morgan fingerprint density at radius 2 is 1.85 bits per heavy atom. The molecule has 0 N–H and O–H groups in total. The molecule has 1 aliphatic carbocycles. The fraction of sp³-hybridized carbons (Fsp3) is 0.556. The Morgan fingerprint density at radius 1 is 1.31 bits per heavy atom. The van der Waals surface area contributed by atoms with Gasteiger partial charge in [-0.25, -0.2) is 0 Å². The number of hydrogen-bond acceptors (Lipinski definition) is 0. The fourth-order valence-electron chi connectivity index (χ4n) is 1.18. The first-order chi connectivity index (χ1) is 4.70. The standard InChI is InChI=1S/C9H13.3ClH.Zr/c1-8(2)7-9-5-3-4-6-9;;;;/h3,5,8H,4,7H2,1-2H3;3*1H;/q;;;;+3/p-3. The monoisotopic (exact) mass is 316 g/mol. The van der Waals surface area contributed by atoms with Gasteiger partial charge in [0.15, 0.2) is 0 Å². The molecule has 0 spiro atoms. The van der Waals surface area contributed by atoms with Gasteiger partial charge in [0, 0.05) is 0 Å². The van der Waals surface area contributed by atoms with Crippen LogP contribution in [0.15, 0.2) is 21.0 Å². The maximum absolute atomic E-state index is 2.30. The minimum atomic E-state index is 0. The molecule has 4 heteroatoms. The second-order valence-electron chi connectivity index (χ2n) is 3.21. The van der Waals surface area contributed by atoms with Gasteiger partial charge < -0.3 is 37.2 Å². The summed E-state index contributed by atoms with van der Waals surface area (Å²) in [7, 11) is 0. The molecule has 0 aliphatic heterocycles. The van der Waals surface area contributed by atoms with Gasteiger partial charge in [-0.05, 0) is 0 Å². The van der Waals surface area contributed by atoms with E-state index in [1.54, 1.807) is 33.6 Å². The zero-order valence-electron chi connectivity index (χ0n) is 7.78. The van der Waals surface area contributed by atoms with Gasteiger partial charge in [-0.1, -0.05) is 0 Å². The van der Waals surface area contributed by atoms with Crippen molar-refractivity contribution in [2.75, 3.05) is 0 Å². The van der Waals surface area contributed by atoms with E-state index >= 15 is 0 Å². The Morgan fingerprint density at radius 3 is 2.15 bits per heavy atom. The molecule has 0 nitrogen and oxygen atoms in total. The SMILES string of the molecule is CC(C)CC1=[C]([Zr+3])CC=C1.[Cl-].[Cl-].[Cl-]. The van der Waals surface area contributed by atoms with E-state index < -0.39 is 0 Å². The zero-order valence-corrected chi connectivity index (χ0v) is 12.5. The summed E-state index contributed by atoms with van der Waals surface area (Å²) in [5.74, 6) is 0.813. The molecule has 0 aromatic rings. The van der Waals surface area contributed by atoms with Crippen LogP contribution in [0.1, 0.15) is 26.7 Å². The molecule has 0 unspecified atom stereocenters. The van der Waals surface area contributed by atoms with E-state index in [1.165, 1.54) is 12.8 Å². The van der Waals surface area contributed by atoms with Crippen LogP contribution in [0.2, 0.25) is 0 Å². The van der Waals surface area contributed by atoms with E-state index in [2.05, 4.69) is 26.0 Å². The molecule has 0 bridgehead atoms. The van der Waals surface area contributed by atoms with Gasteiger partial charge in [-0.2, -0.15) is 0 Å². The Kier molecular flexibility index (Phi) is 14.9. The van der Waals surface area contributed by atoms with E-state index in [0.717, 1.165) is 5.92 Å². The number of halogens is 3. The second-order valence-corrected chi connectivity index (χ2v) is 4.69. The van der Waals surface area contributed by atoms with Crippen molar-refractivity contribution in [3.63, 3.8) is 0 Å². The predicted octanol–water partition coefficient (Wildman–Crippen LogP) is -6.19. The number of rotatable bonds is 2. The molecule has 1 aliphatic rings. The van der Waals surface area contributed by atoms with Gasteiger partial charge in [0.25, 0.3) is 0 Å². The number of hydrogen-bond donors (Lipinski definition) is 0. The van der Waals surface area contributed by atoms with E-state index in [0.29, 0.717) is 0 Å². The van der Waals surface area contributed by atoms with Gasteiger partial charge in [-0.15, -0.1) is 0 Å². The van der Waals surface area contributed by atoms with E-state index in [4.69, 9.17) is 0 Å². The fourth-order valence-corrected chi connectivity index (χ4v) is 1.93. The smallest absolute Gasteiger partial charge is 1.00 e. The van der Waals surface area contributed by atoms with Crippen LogP contribution in [0, 0.1) is 5.92 Å². The van der Waals surface area contributed by atoms with Crippen LogP contribution in [0.5, 0.6) is 0 Å². The molecule has 0 saturated heterocycles. The van der Waals surface area contributed by atoms with Crippen LogP contribution in [0.25, 0.3) is 0 Å². The summed E-state index contributed by atoms with van der Waals surface area (Å²) in [6, 6.07) is 0. The summed E-state index contributed by atoms with van der Waals surface area (Å²) in [5.41, 5.74) is 1.60. The van der Waals surface area contributed by atoms with Crippen LogP contribution >= 0.6 is 0 Å². The summed E-state index contributed by atoms with van der Waals surface area (Å²) in [4.78, 5) is 0. The first-order valence-corrected chi connectivity index (χ1v) is 5.03. The molecular formula is C9H13Cl3Zr. The van der Waals surface area contributed by atoms with E-state index in [-0.39, 0.29) is 37.2 Å². The minimum absolute atomic E-state index is 0. The average Bonchev–Trinajstić information content (AvgIpc) is 2.15. The van der Waals surface area contributed by atoms with Crippen LogP contribution in [-0.4, -0.2) is 0 Å². The van der Waals surface area contributed by atoms with Crippen molar-refractivity contribution in [3.8, 4) is 0 Å². The summed E-state index contributed by atoms with van der Waals surface area (Å²) in [6.07, 6.45) is 7.07. The molecule has 0 radical (unpaired) electrons. The maximum Gasteiger partial charge on any atom is -1.00 e. The molecule has 0 aromatic carbocycles. The Balaban J connectivity index is -0.000000333. The van der Waals surface area contributed by atoms with Gasteiger partial charge in [0.2, 0.25) is 0 Å². The van der Waals surface area contributed by atoms with Gasteiger partial charge in [-0.3, -0.25) is 0 Å². The van der Waals surface area contributed by atoms with Crippen LogP contribution < -0.4 is 37.2 Å². The zero-order chi connectivity index (χ0) is 7.56. The second kappa shape index (κ2) is 9.78. The first-order valence-electron chi connectivity index (χ1n) is 3.80. The van der Waals surface area contributed by atoms with Crippen molar-refractivity contribution >= 4 is 0 Å². The van der Waals surface area contributed by atoms with E-state index in [9.17, 15) is 0 Å². The third-order valence-electron chi connectivity index (χ3n) is 1.66. The quantitative estimate of drug-likeness (QED) is 0.475. The largest absolute Gasteiger partial charge is 1.00 e. The molecule has 0 fully saturated rings. The van der Waals surface area contributed by atoms with Crippen molar-refractivity contribution in [2.45, 2.75) is 26.7 Å².